The highest BCUT2D eigenvalue weighted by molar-refractivity contribution is 5.75. The van der Waals surface area contributed by atoms with Crippen molar-refractivity contribution in [1.82, 2.24) is 20.2 Å². The van der Waals surface area contributed by atoms with Crippen molar-refractivity contribution >= 4 is 5.91 Å². The Labute approximate surface area is 101 Å². The van der Waals surface area contributed by atoms with E-state index in [0.29, 0.717) is 12.6 Å². The normalized spacial score (nSPS) is 10.2. The van der Waals surface area contributed by atoms with Gasteiger partial charge in [-0.3, -0.25) is 4.79 Å². The summed E-state index contributed by atoms with van der Waals surface area (Å²) in [5, 5.41) is 14.1. The van der Waals surface area contributed by atoms with Crippen LogP contribution >= 0.6 is 0 Å². The van der Waals surface area contributed by atoms with E-state index in [0.717, 1.165) is 5.82 Å². The van der Waals surface area contributed by atoms with Crippen LogP contribution in [0.1, 0.15) is 19.7 Å². The Bertz CT molecular complexity index is 404. The van der Waals surface area contributed by atoms with Crippen molar-refractivity contribution in [1.29, 1.82) is 5.26 Å². The van der Waals surface area contributed by atoms with Gasteiger partial charge in [-0.25, -0.2) is 4.98 Å². The summed E-state index contributed by atoms with van der Waals surface area (Å²) < 4.78 is 1.77. The van der Waals surface area contributed by atoms with Crippen LogP contribution in [0.25, 0.3) is 0 Å². The van der Waals surface area contributed by atoms with Crippen LogP contribution in [0.2, 0.25) is 0 Å². The number of nitriles is 1. The van der Waals surface area contributed by atoms with Crippen LogP contribution in [-0.2, 0) is 17.9 Å². The molecule has 0 aromatic carbocycles. The van der Waals surface area contributed by atoms with Gasteiger partial charge in [-0.1, -0.05) is 13.8 Å². The summed E-state index contributed by atoms with van der Waals surface area (Å²) >= 11 is 0. The summed E-state index contributed by atoms with van der Waals surface area (Å²) in [6.07, 6.45) is 3.41. The summed E-state index contributed by atoms with van der Waals surface area (Å²) in [6.45, 7) is 4.94. The number of imidazole rings is 1. The fourth-order valence-corrected chi connectivity index (χ4v) is 1.30. The third-order valence-corrected chi connectivity index (χ3v) is 2.15. The highest BCUT2D eigenvalue weighted by Crippen LogP contribution is 1.98. The second-order valence-electron chi connectivity index (χ2n) is 3.94. The molecule has 1 aromatic rings. The molecule has 1 rings (SSSR count). The minimum atomic E-state index is -0.185. The quantitative estimate of drug-likeness (QED) is 0.681. The van der Waals surface area contributed by atoms with E-state index in [1.165, 1.54) is 0 Å². The first kappa shape index (κ1) is 13.2. The van der Waals surface area contributed by atoms with Gasteiger partial charge in [0.2, 0.25) is 5.91 Å². The van der Waals surface area contributed by atoms with Gasteiger partial charge >= 0.3 is 0 Å². The fraction of sp³-hybridized carbons (Fsp3) is 0.545. The predicted molar refractivity (Wildman–Crippen MR) is 62.8 cm³/mol. The number of nitrogens with zero attached hydrogens (tertiary/aromatic N) is 3. The molecule has 17 heavy (non-hydrogen) atoms. The van der Waals surface area contributed by atoms with Gasteiger partial charge in [0.05, 0.1) is 12.6 Å². The molecule has 0 bridgehead atoms. The second kappa shape index (κ2) is 6.66. The van der Waals surface area contributed by atoms with Gasteiger partial charge in [-0.15, -0.1) is 0 Å². The Balaban J connectivity index is 2.51. The maximum atomic E-state index is 11.4. The van der Waals surface area contributed by atoms with E-state index < -0.39 is 0 Å². The summed E-state index contributed by atoms with van der Waals surface area (Å²) in [6, 6.07) is 2.23. The first-order chi connectivity index (χ1) is 8.13. The average molecular weight is 235 g/mol. The molecule has 6 nitrogen and oxygen atoms in total. The van der Waals surface area contributed by atoms with Gasteiger partial charge in [0.15, 0.2) is 0 Å². The molecule has 0 spiro atoms. The van der Waals surface area contributed by atoms with E-state index in [2.05, 4.69) is 15.6 Å². The van der Waals surface area contributed by atoms with E-state index in [4.69, 9.17) is 5.26 Å². The van der Waals surface area contributed by atoms with Crippen LogP contribution in [0, 0.1) is 11.3 Å². The van der Waals surface area contributed by atoms with Gasteiger partial charge in [0.25, 0.3) is 0 Å². The van der Waals surface area contributed by atoms with Crippen LogP contribution in [0.3, 0.4) is 0 Å². The highest BCUT2D eigenvalue weighted by atomic mass is 16.1. The lowest BCUT2D eigenvalue weighted by Gasteiger charge is -2.10. The average Bonchev–Trinajstić information content (AvgIpc) is 2.71. The number of aromatic nitrogens is 2. The number of carbonyl (C=O) groups excluding carboxylic acids is 1. The Morgan fingerprint density at radius 1 is 1.65 bits per heavy atom. The number of hydrogen-bond donors (Lipinski definition) is 2. The molecule has 1 heterocycles. The van der Waals surface area contributed by atoms with Crippen LogP contribution in [0.5, 0.6) is 0 Å². The number of hydrogen-bond acceptors (Lipinski definition) is 4. The molecule has 1 amide bonds. The molecule has 92 valence electrons. The van der Waals surface area contributed by atoms with Crippen LogP contribution in [0.4, 0.5) is 0 Å². The lowest BCUT2D eigenvalue weighted by atomic mass is 10.4. The zero-order valence-electron chi connectivity index (χ0n) is 10.1. The molecule has 0 aliphatic heterocycles. The molecule has 0 unspecified atom stereocenters. The van der Waals surface area contributed by atoms with E-state index in [1.807, 2.05) is 19.9 Å². The number of nitrogens with one attached hydrogen (secondary N) is 2. The van der Waals surface area contributed by atoms with E-state index in [1.54, 1.807) is 17.0 Å². The Morgan fingerprint density at radius 2 is 2.41 bits per heavy atom. The van der Waals surface area contributed by atoms with Crippen molar-refractivity contribution in [3.8, 4) is 6.07 Å². The van der Waals surface area contributed by atoms with Gasteiger partial charge in [-0.05, 0) is 0 Å². The first-order valence-electron chi connectivity index (χ1n) is 5.50. The van der Waals surface area contributed by atoms with Crippen molar-refractivity contribution in [2.75, 3.05) is 6.54 Å². The predicted octanol–water partition coefficient (Wildman–Crippen LogP) is 0.0209. The van der Waals surface area contributed by atoms with Gasteiger partial charge < -0.3 is 15.2 Å². The smallest absolute Gasteiger partial charge is 0.240 e. The highest BCUT2D eigenvalue weighted by Gasteiger charge is 2.07. The van der Waals surface area contributed by atoms with E-state index in [9.17, 15) is 4.79 Å². The lowest BCUT2D eigenvalue weighted by Crippen LogP contribution is -2.29. The second-order valence-corrected chi connectivity index (χ2v) is 3.94. The van der Waals surface area contributed by atoms with Crippen LogP contribution in [-0.4, -0.2) is 28.0 Å². The largest absolute Gasteiger partial charge is 0.341 e. The monoisotopic (exact) mass is 235 g/mol. The van der Waals surface area contributed by atoms with E-state index >= 15 is 0 Å². The minimum Gasteiger partial charge on any atom is -0.341 e. The Kier molecular flexibility index (Phi) is 5.17. The van der Waals surface area contributed by atoms with Crippen LogP contribution in [0.15, 0.2) is 12.4 Å². The number of carbonyl (C=O) groups is 1. The molecule has 0 saturated carbocycles. The zero-order valence-corrected chi connectivity index (χ0v) is 10.1. The molecular formula is C11H17N5O. The molecule has 1 aromatic heterocycles. The van der Waals surface area contributed by atoms with Gasteiger partial charge in [-0.2, -0.15) is 5.26 Å². The SMILES string of the molecule is CC(C)NCc1nccn1CC(=O)NCC#N. The van der Waals surface area contributed by atoms with Crippen molar-refractivity contribution in [2.45, 2.75) is 33.0 Å². The molecule has 6 heteroatoms. The molecular weight excluding hydrogens is 218 g/mol. The summed E-state index contributed by atoms with van der Waals surface area (Å²) in [5.41, 5.74) is 0. The molecule has 0 radical (unpaired) electrons. The number of rotatable bonds is 6. The molecule has 0 aliphatic rings. The summed E-state index contributed by atoms with van der Waals surface area (Å²) in [5.74, 6) is 0.626. The molecule has 0 aliphatic carbocycles. The Hall–Kier alpha value is -1.87. The van der Waals surface area contributed by atoms with Crippen molar-refractivity contribution < 1.29 is 4.79 Å². The third-order valence-electron chi connectivity index (χ3n) is 2.15. The summed E-state index contributed by atoms with van der Waals surface area (Å²) in [7, 11) is 0. The Morgan fingerprint density at radius 3 is 3.06 bits per heavy atom. The van der Waals surface area contributed by atoms with Crippen molar-refractivity contribution in [3.05, 3.63) is 18.2 Å². The maximum absolute atomic E-state index is 11.4. The van der Waals surface area contributed by atoms with Crippen LogP contribution < -0.4 is 10.6 Å². The maximum Gasteiger partial charge on any atom is 0.240 e. The van der Waals surface area contributed by atoms with Crippen molar-refractivity contribution in [2.24, 2.45) is 0 Å². The topological polar surface area (TPSA) is 82.7 Å². The van der Waals surface area contributed by atoms with Crippen molar-refractivity contribution in [3.63, 3.8) is 0 Å². The molecule has 0 atom stereocenters. The summed E-state index contributed by atoms with van der Waals surface area (Å²) in [4.78, 5) is 15.6. The van der Waals surface area contributed by atoms with Gasteiger partial charge in [0, 0.05) is 18.4 Å². The van der Waals surface area contributed by atoms with Gasteiger partial charge in [0.1, 0.15) is 18.9 Å². The fourth-order valence-electron chi connectivity index (χ4n) is 1.30. The third kappa shape index (κ3) is 4.66. The molecule has 0 saturated heterocycles. The molecule has 0 fully saturated rings. The zero-order chi connectivity index (χ0) is 12.7. The lowest BCUT2D eigenvalue weighted by molar-refractivity contribution is -0.121. The number of amides is 1. The van der Waals surface area contributed by atoms with E-state index in [-0.39, 0.29) is 19.0 Å². The standard InChI is InChI=1S/C11H17N5O/c1-9(2)15-7-10-13-5-6-16(10)8-11(17)14-4-3-12/h5-6,9,15H,4,7-8H2,1-2H3,(H,14,17). The molecule has 2 N–H and O–H groups in total. The minimum absolute atomic E-state index is 0.0348. The first-order valence-corrected chi connectivity index (χ1v) is 5.50.